The number of amides is 1. The molecule has 2 atom stereocenters. The van der Waals surface area contributed by atoms with Gasteiger partial charge in [0.15, 0.2) is 0 Å². The van der Waals surface area contributed by atoms with Crippen LogP contribution in [-0.4, -0.2) is 36.6 Å². The number of alkyl halides is 3. The van der Waals surface area contributed by atoms with Gasteiger partial charge in [-0.3, -0.25) is 4.79 Å². The van der Waals surface area contributed by atoms with Crippen LogP contribution in [0.3, 0.4) is 0 Å². The quantitative estimate of drug-likeness (QED) is 0.847. The number of nitrogens with two attached hydrogens (primary N) is 1. The molecule has 1 amide bonds. The first-order valence-corrected chi connectivity index (χ1v) is 7.47. The molecule has 1 heterocycles. The van der Waals surface area contributed by atoms with Gasteiger partial charge in [0.1, 0.15) is 0 Å². The first-order valence-electron chi connectivity index (χ1n) is 7.47. The van der Waals surface area contributed by atoms with E-state index in [1.54, 1.807) is 4.90 Å². The van der Waals surface area contributed by atoms with Crippen molar-refractivity contribution in [2.24, 2.45) is 23.5 Å². The molecule has 0 radical (unpaired) electrons. The number of nitrogens with zero attached hydrogens (tertiary/aromatic N) is 1. The number of carbonyl (C=O) groups is 1. The fraction of sp³-hybridized carbons (Fsp3) is 0.929. The average Bonchev–Trinajstić information content (AvgIpc) is 2.46. The van der Waals surface area contributed by atoms with Crippen molar-refractivity contribution in [2.75, 3.05) is 19.6 Å². The van der Waals surface area contributed by atoms with Gasteiger partial charge in [-0.25, -0.2) is 0 Å². The molecule has 0 aromatic carbocycles. The molecule has 2 rings (SSSR count). The molecule has 2 fully saturated rings. The molecule has 2 N–H and O–H groups in total. The van der Waals surface area contributed by atoms with Crippen molar-refractivity contribution in [3.05, 3.63) is 0 Å². The topological polar surface area (TPSA) is 46.3 Å². The number of piperidine rings is 1. The number of rotatable bonds is 2. The Bertz CT molecular complexity index is 344. The van der Waals surface area contributed by atoms with Crippen LogP contribution < -0.4 is 5.73 Å². The van der Waals surface area contributed by atoms with Crippen LogP contribution in [0.15, 0.2) is 0 Å². The summed E-state index contributed by atoms with van der Waals surface area (Å²) >= 11 is 0. The second kappa shape index (κ2) is 7.68. The standard InChI is InChI=1S/C14H23F3N2O.ClH/c15-14(16,17)12-3-1-2-11(8-12)13(20)19-6-4-10(9-18)5-7-19;/h10-12H,1-9,18H2;1H. The molecule has 1 aliphatic heterocycles. The van der Waals surface area contributed by atoms with Gasteiger partial charge in [0.25, 0.3) is 0 Å². The smallest absolute Gasteiger partial charge is 0.342 e. The molecule has 124 valence electrons. The lowest BCUT2D eigenvalue weighted by Crippen LogP contribution is -2.44. The van der Waals surface area contributed by atoms with E-state index in [-0.39, 0.29) is 31.2 Å². The first-order chi connectivity index (χ1) is 9.41. The highest BCUT2D eigenvalue weighted by atomic mass is 35.5. The van der Waals surface area contributed by atoms with E-state index in [1.165, 1.54) is 0 Å². The van der Waals surface area contributed by atoms with Gasteiger partial charge in [-0.1, -0.05) is 6.42 Å². The lowest BCUT2D eigenvalue weighted by atomic mass is 9.80. The van der Waals surface area contributed by atoms with Crippen LogP contribution in [0.25, 0.3) is 0 Å². The van der Waals surface area contributed by atoms with E-state index < -0.39 is 18.0 Å². The predicted molar refractivity (Wildman–Crippen MR) is 77.1 cm³/mol. The van der Waals surface area contributed by atoms with Crippen LogP contribution in [0, 0.1) is 17.8 Å². The maximum Gasteiger partial charge on any atom is 0.391 e. The van der Waals surface area contributed by atoms with Crippen molar-refractivity contribution < 1.29 is 18.0 Å². The molecule has 3 nitrogen and oxygen atoms in total. The normalized spacial score (nSPS) is 28.1. The Hall–Kier alpha value is -0.490. The molecule has 0 aromatic rings. The fourth-order valence-electron chi connectivity index (χ4n) is 3.36. The Morgan fingerprint density at radius 3 is 2.29 bits per heavy atom. The van der Waals surface area contributed by atoms with Crippen molar-refractivity contribution in [2.45, 2.75) is 44.7 Å². The van der Waals surface area contributed by atoms with E-state index in [0.717, 1.165) is 12.8 Å². The zero-order chi connectivity index (χ0) is 14.8. The van der Waals surface area contributed by atoms with Crippen LogP contribution in [0.4, 0.5) is 13.2 Å². The van der Waals surface area contributed by atoms with E-state index in [4.69, 9.17) is 5.73 Å². The van der Waals surface area contributed by atoms with E-state index in [9.17, 15) is 18.0 Å². The monoisotopic (exact) mass is 328 g/mol. The minimum absolute atomic E-state index is 0. The summed E-state index contributed by atoms with van der Waals surface area (Å²) in [4.78, 5) is 14.1. The molecular weight excluding hydrogens is 305 g/mol. The number of halogens is 4. The third kappa shape index (κ3) is 4.74. The summed E-state index contributed by atoms with van der Waals surface area (Å²) in [6.07, 6.45) is -1.18. The Morgan fingerprint density at radius 1 is 1.14 bits per heavy atom. The third-order valence-corrected chi connectivity index (χ3v) is 4.75. The summed E-state index contributed by atoms with van der Waals surface area (Å²) in [6.45, 7) is 1.92. The predicted octanol–water partition coefficient (Wildman–Crippen LogP) is 2.97. The molecule has 2 aliphatic rings. The van der Waals surface area contributed by atoms with Crippen LogP contribution in [0.1, 0.15) is 38.5 Å². The third-order valence-electron chi connectivity index (χ3n) is 4.75. The maximum atomic E-state index is 12.8. The summed E-state index contributed by atoms with van der Waals surface area (Å²) in [6, 6.07) is 0. The van der Waals surface area contributed by atoms with Crippen molar-refractivity contribution in [1.82, 2.24) is 4.90 Å². The Morgan fingerprint density at radius 2 is 1.76 bits per heavy atom. The molecule has 0 bridgehead atoms. The molecule has 0 aromatic heterocycles. The van der Waals surface area contributed by atoms with Crippen molar-refractivity contribution in [1.29, 1.82) is 0 Å². The second-order valence-corrected chi connectivity index (χ2v) is 6.11. The minimum Gasteiger partial charge on any atom is -0.342 e. The van der Waals surface area contributed by atoms with Crippen LogP contribution in [0.2, 0.25) is 0 Å². The fourth-order valence-corrected chi connectivity index (χ4v) is 3.36. The number of likely N-dealkylation sites (tertiary alicyclic amines) is 1. The van der Waals surface area contributed by atoms with Gasteiger partial charge in [-0.15, -0.1) is 12.4 Å². The summed E-state index contributed by atoms with van der Waals surface area (Å²) in [7, 11) is 0. The highest BCUT2D eigenvalue weighted by Gasteiger charge is 2.44. The Kier molecular flexibility index (Phi) is 6.78. The molecule has 1 saturated carbocycles. The van der Waals surface area contributed by atoms with E-state index in [1.807, 2.05) is 0 Å². The lowest BCUT2D eigenvalue weighted by molar-refractivity contribution is -0.187. The van der Waals surface area contributed by atoms with E-state index in [2.05, 4.69) is 0 Å². The number of hydrogen-bond donors (Lipinski definition) is 1. The van der Waals surface area contributed by atoms with E-state index in [0.29, 0.717) is 38.4 Å². The molecule has 1 saturated heterocycles. The van der Waals surface area contributed by atoms with Gasteiger partial charge in [0, 0.05) is 19.0 Å². The molecular formula is C14H24ClF3N2O. The maximum absolute atomic E-state index is 12.8. The molecule has 7 heteroatoms. The van der Waals surface area contributed by atoms with E-state index >= 15 is 0 Å². The molecule has 2 unspecified atom stereocenters. The summed E-state index contributed by atoms with van der Waals surface area (Å²) in [5.41, 5.74) is 5.61. The number of hydrogen-bond acceptors (Lipinski definition) is 2. The average molecular weight is 329 g/mol. The summed E-state index contributed by atoms with van der Waals surface area (Å²) in [5, 5.41) is 0. The summed E-state index contributed by atoms with van der Waals surface area (Å²) in [5.74, 6) is -1.36. The SMILES string of the molecule is Cl.NCC1CCN(C(=O)C2CCCC(C(F)(F)F)C2)CC1. The van der Waals surface area contributed by atoms with Crippen molar-refractivity contribution in [3.63, 3.8) is 0 Å². The highest BCUT2D eigenvalue weighted by Crippen LogP contribution is 2.40. The van der Waals surface area contributed by atoms with Gasteiger partial charge in [0.2, 0.25) is 5.91 Å². The molecule has 0 spiro atoms. The Labute approximate surface area is 129 Å². The second-order valence-electron chi connectivity index (χ2n) is 6.11. The van der Waals surface area contributed by atoms with Crippen molar-refractivity contribution in [3.8, 4) is 0 Å². The minimum atomic E-state index is -4.16. The van der Waals surface area contributed by atoms with Gasteiger partial charge in [-0.2, -0.15) is 13.2 Å². The lowest BCUT2D eigenvalue weighted by Gasteiger charge is -2.36. The highest BCUT2D eigenvalue weighted by molar-refractivity contribution is 5.85. The summed E-state index contributed by atoms with van der Waals surface area (Å²) < 4.78 is 38.3. The first kappa shape index (κ1) is 18.6. The molecule has 1 aliphatic carbocycles. The van der Waals surface area contributed by atoms with Crippen LogP contribution in [0.5, 0.6) is 0 Å². The van der Waals surface area contributed by atoms with Gasteiger partial charge in [-0.05, 0) is 44.6 Å². The van der Waals surface area contributed by atoms with Gasteiger partial charge >= 0.3 is 6.18 Å². The van der Waals surface area contributed by atoms with Crippen LogP contribution in [-0.2, 0) is 4.79 Å². The molecule has 21 heavy (non-hydrogen) atoms. The zero-order valence-electron chi connectivity index (χ0n) is 12.1. The zero-order valence-corrected chi connectivity index (χ0v) is 12.9. The van der Waals surface area contributed by atoms with Crippen LogP contribution >= 0.6 is 12.4 Å². The van der Waals surface area contributed by atoms with Gasteiger partial charge < -0.3 is 10.6 Å². The van der Waals surface area contributed by atoms with Gasteiger partial charge in [0.05, 0.1) is 5.92 Å². The Balaban J connectivity index is 0.00000220. The van der Waals surface area contributed by atoms with Crippen molar-refractivity contribution >= 4 is 18.3 Å². The largest absolute Gasteiger partial charge is 0.391 e. The number of carbonyl (C=O) groups excluding carboxylic acids is 1.